The number of aromatic nitrogens is 2. The van der Waals surface area contributed by atoms with Crippen LogP contribution in [-0.4, -0.2) is 22.2 Å². The van der Waals surface area contributed by atoms with Gasteiger partial charge in [-0.1, -0.05) is 13.0 Å². The Labute approximate surface area is 118 Å². The molecule has 1 amide bonds. The van der Waals surface area contributed by atoms with Crippen LogP contribution in [0.3, 0.4) is 0 Å². The Bertz CT molecular complexity index is 675. The molecule has 2 aromatic rings. The van der Waals surface area contributed by atoms with E-state index in [-0.39, 0.29) is 11.9 Å². The molecule has 5 nitrogen and oxygen atoms in total. The van der Waals surface area contributed by atoms with Crippen molar-refractivity contribution in [2.45, 2.75) is 26.8 Å². The maximum Gasteiger partial charge on any atom is 0.246 e. The van der Waals surface area contributed by atoms with Crippen LogP contribution in [0.4, 0.5) is 5.69 Å². The third kappa shape index (κ3) is 2.00. The smallest absolute Gasteiger partial charge is 0.246 e. The predicted octanol–water partition coefficient (Wildman–Crippen LogP) is 2.09. The van der Waals surface area contributed by atoms with Crippen molar-refractivity contribution in [3.8, 4) is 5.69 Å². The molecule has 5 heteroatoms. The van der Waals surface area contributed by atoms with Gasteiger partial charge in [-0.25, -0.2) is 4.68 Å². The third-order valence-electron chi connectivity index (χ3n) is 3.53. The highest BCUT2D eigenvalue weighted by Gasteiger charge is 2.29. The maximum atomic E-state index is 11.9. The van der Waals surface area contributed by atoms with Gasteiger partial charge in [0.2, 0.25) is 5.91 Å². The standard InChI is InChI=1S/C15H18N4O/c1-4-16-14-12-6-5-11(8-13(12)17-15(14)20)19-10(3)7-9(2)18-19/h5-8,14,16H,4H2,1-3H3,(H,17,20). The molecule has 0 bridgehead atoms. The molecule has 2 heterocycles. The maximum absolute atomic E-state index is 11.9. The summed E-state index contributed by atoms with van der Waals surface area (Å²) >= 11 is 0. The van der Waals surface area contributed by atoms with Crippen molar-refractivity contribution in [2.24, 2.45) is 0 Å². The highest BCUT2D eigenvalue weighted by molar-refractivity contribution is 6.02. The second kappa shape index (κ2) is 4.76. The van der Waals surface area contributed by atoms with Gasteiger partial charge >= 0.3 is 0 Å². The zero-order valence-corrected chi connectivity index (χ0v) is 11.9. The summed E-state index contributed by atoms with van der Waals surface area (Å²) in [6.07, 6.45) is 0. The van der Waals surface area contributed by atoms with E-state index in [0.717, 1.165) is 34.9 Å². The van der Waals surface area contributed by atoms with E-state index in [9.17, 15) is 4.79 Å². The molecule has 1 aliphatic rings. The van der Waals surface area contributed by atoms with Gasteiger partial charge in [-0.3, -0.25) is 4.79 Å². The molecule has 2 N–H and O–H groups in total. The van der Waals surface area contributed by atoms with Gasteiger partial charge in [-0.05, 0) is 38.6 Å². The van der Waals surface area contributed by atoms with Crippen molar-refractivity contribution >= 4 is 11.6 Å². The fraction of sp³-hybridized carbons (Fsp3) is 0.333. The highest BCUT2D eigenvalue weighted by Crippen LogP contribution is 2.32. The quantitative estimate of drug-likeness (QED) is 0.898. The molecule has 0 saturated carbocycles. The van der Waals surface area contributed by atoms with E-state index < -0.39 is 0 Å². The average molecular weight is 270 g/mol. The zero-order valence-electron chi connectivity index (χ0n) is 11.9. The Morgan fingerprint density at radius 3 is 2.80 bits per heavy atom. The molecule has 1 aromatic carbocycles. The number of rotatable bonds is 3. The highest BCUT2D eigenvalue weighted by atomic mass is 16.2. The number of hydrogen-bond acceptors (Lipinski definition) is 3. The normalized spacial score (nSPS) is 17.1. The summed E-state index contributed by atoms with van der Waals surface area (Å²) in [6, 6.07) is 7.76. The molecule has 0 saturated heterocycles. The molecule has 104 valence electrons. The van der Waals surface area contributed by atoms with Crippen molar-refractivity contribution in [2.75, 3.05) is 11.9 Å². The van der Waals surface area contributed by atoms with Gasteiger partial charge in [-0.2, -0.15) is 5.10 Å². The summed E-state index contributed by atoms with van der Waals surface area (Å²) < 4.78 is 1.89. The number of benzene rings is 1. The first-order valence-electron chi connectivity index (χ1n) is 6.82. The molecule has 3 rings (SSSR count). The minimum Gasteiger partial charge on any atom is -0.324 e. The Morgan fingerprint density at radius 2 is 2.15 bits per heavy atom. The average Bonchev–Trinajstić information content (AvgIpc) is 2.90. The van der Waals surface area contributed by atoms with E-state index in [0.29, 0.717) is 0 Å². The van der Waals surface area contributed by atoms with Gasteiger partial charge in [0.15, 0.2) is 0 Å². The van der Waals surface area contributed by atoms with Gasteiger partial charge in [-0.15, -0.1) is 0 Å². The largest absolute Gasteiger partial charge is 0.324 e. The van der Waals surface area contributed by atoms with Crippen LogP contribution in [0, 0.1) is 13.8 Å². The number of carbonyl (C=O) groups is 1. The number of hydrogen-bond donors (Lipinski definition) is 2. The lowest BCUT2D eigenvalue weighted by Crippen LogP contribution is -2.27. The number of anilines is 1. The number of aryl methyl sites for hydroxylation is 2. The van der Waals surface area contributed by atoms with E-state index in [1.54, 1.807) is 0 Å². The van der Waals surface area contributed by atoms with Gasteiger partial charge < -0.3 is 10.6 Å². The minimum atomic E-state index is -0.246. The summed E-state index contributed by atoms with van der Waals surface area (Å²) in [5, 5.41) is 10.6. The third-order valence-corrected chi connectivity index (χ3v) is 3.53. The van der Waals surface area contributed by atoms with Crippen LogP contribution in [-0.2, 0) is 4.79 Å². The van der Waals surface area contributed by atoms with Gasteiger partial charge in [0.05, 0.1) is 11.4 Å². The number of nitrogens with one attached hydrogen (secondary N) is 2. The predicted molar refractivity (Wildman–Crippen MR) is 78.1 cm³/mol. The topological polar surface area (TPSA) is 59.0 Å². The molecule has 20 heavy (non-hydrogen) atoms. The van der Waals surface area contributed by atoms with Gasteiger partial charge in [0.1, 0.15) is 6.04 Å². The number of carbonyl (C=O) groups excluding carboxylic acids is 1. The number of nitrogens with zero attached hydrogens (tertiary/aromatic N) is 2. The van der Waals surface area contributed by atoms with E-state index in [1.807, 2.05) is 49.7 Å². The minimum absolute atomic E-state index is 0.00682. The molecule has 0 spiro atoms. The van der Waals surface area contributed by atoms with Crippen molar-refractivity contribution in [1.29, 1.82) is 0 Å². The molecule has 0 aliphatic carbocycles. The Balaban J connectivity index is 2.01. The van der Waals surface area contributed by atoms with Crippen molar-refractivity contribution in [1.82, 2.24) is 15.1 Å². The lowest BCUT2D eigenvalue weighted by Gasteiger charge is -2.10. The summed E-state index contributed by atoms with van der Waals surface area (Å²) in [4.78, 5) is 11.9. The van der Waals surface area contributed by atoms with Gasteiger partial charge in [0, 0.05) is 16.9 Å². The molecule has 1 unspecified atom stereocenters. The van der Waals surface area contributed by atoms with Crippen LogP contribution in [0.25, 0.3) is 5.69 Å². The van der Waals surface area contributed by atoms with Crippen LogP contribution in [0.2, 0.25) is 0 Å². The van der Waals surface area contributed by atoms with Crippen LogP contribution in [0.15, 0.2) is 24.3 Å². The molecule has 1 aromatic heterocycles. The first-order chi connectivity index (χ1) is 9.60. The van der Waals surface area contributed by atoms with Crippen LogP contribution in [0.1, 0.15) is 29.9 Å². The van der Waals surface area contributed by atoms with Gasteiger partial charge in [0.25, 0.3) is 0 Å². The second-order valence-corrected chi connectivity index (χ2v) is 5.09. The van der Waals surface area contributed by atoms with Crippen LogP contribution in [0.5, 0.6) is 0 Å². The second-order valence-electron chi connectivity index (χ2n) is 5.09. The number of likely N-dealkylation sites (N-methyl/N-ethyl adjacent to an activating group) is 1. The Hall–Kier alpha value is -2.14. The molecule has 1 aliphatic heterocycles. The fourth-order valence-electron chi connectivity index (χ4n) is 2.68. The first-order valence-corrected chi connectivity index (χ1v) is 6.82. The molecule has 0 fully saturated rings. The fourth-order valence-corrected chi connectivity index (χ4v) is 2.68. The molecule has 1 atom stereocenters. The van der Waals surface area contributed by atoms with Crippen LogP contribution >= 0.6 is 0 Å². The Kier molecular flexibility index (Phi) is 3.06. The number of amides is 1. The molecular formula is C15H18N4O. The summed E-state index contributed by atoms with van der Waals surface area (Å²) in [5.41, 5.74) is 4.90. The monoisotopic (exact) mass is 270 g/mol. The van der Waals surface area contributed by atoms with Crippen molar-refractivity contribution < 1.29 is 4.79 Å². The van der Waals surface area contributed by atoms with Crippen molar-refractivity contribution in [3.05, 3.63) is 41.2 Å². The molecular weight excluding hydrogens is 252 g/mol. The summed E-state index contributed by atoms with van der Waals surface area (Å²) in [7, 11) is 0. The lowest BCUT2D eigenvalue weighted by molar-refractivity contribution is -0.117. The summed E-state index contributed by atoms with van der Waals surface area (Å²) in [5.74, 6) is 0.00682. The SMILES string of the molecule is CCNC1C(=O)Nc2cc(-n3nc(C)cc3C)ccc21. The van der Waals surface area contributed by atoms with E-state index in [4.69, 9.17) is 0 Å². The van der Waals surface area contributed by atoms with E-state index >= 15 is 0 Å². The lowest BCUT2D eigenvalue weighted by atomic mass is 10.1. The first kappa shape index (κ1) is 12.9. The van der Waals surface area contributed by atoms with Crippen molar-refractivity contribution in [3.63, 3.8) is 0 Å². The summed E-state index contributed by atoms with van der Waals surface area (Å²) in [6.45, 7) is 6.75. The Morgan fingerprint density at radius 1 is 1.35 bits per heavy atom. The van der Waals surface area contributed by atoms with Crippen LogP contribution < -0.4 is 10.6 Å². The van der Waals surface area contributed by atoms with E-state index in [1.165, 1.54) is 0 Å². The zero-order chi connectivity index (χ0) is 14.3. The number of fused-ring (bicyclic) bond motifs is 1. The molecule has 0 radical (unpaired) electrons. The van der Waals surface area contributed by atoms with E-state index in [2.05, 4.69) is 15.7 Å².